The Morgan fingerprint density at radius 3 is 2.89 bits per heavy atom. The molecule has 2 rings (SSSR count). The summed E-state index contributed by atoms with van der Waals surface area (Å²) in [6.07, 6.45) is 4.80. The van der Waals surface area contributed by atoms with Crippen molar-refractivity contribution in [1.29, 1.82) is 0 Å². The zero-order chi connectivity index (χ0) is 13.7. The highest BCUT2D eigenvalue weighted by atomic mass is 19.1. The molecule has 0 spiro atoms. The van der Waals surface area contributed by atoms with E-state index >= 15 is 0 Å². The Balaban J connectivity index is 2.31. The van der Waals surface area contributed by atoms with Gasteiger partial charge in [0.15, 0.2) is 0 Å². The summed E-state index contributed by atoms with van der Waals surface area (Å²) in [7, 11) is 0. The zero-order valence-electron chi connectivity index (χ0n) is 11.5. The molecule has 0 unspecified atom stereocenters. The van der Waals surface area contributed by atoms with Gasteiger partial charge in [-0.15, -0.1) is 0 Å². The minimum absolute atomic E-state index is 0.168. The Bertz CT molecular complexity index is 534. The largest absolute Gasteiger partial charge is 0.331 e. The number of nitrogens with zero attached hydrogens (tertiary/aromatic N) is 2. The van der Waals surface area contributed by atoms with E-state index in [1.807, 2.05) is 19.2 Å². The van der Waals surface area contributed by atoms with Gasteiger partial charge in [-0.2, -0.15) is 0 Å². The Morgan fingerprint density at radius 2 is 2.16 bits per heavy atom. The molecule has 0 saturated carbocycles. The van der Waals surface area contributed by atoms with Crippen LogP contribution in [0.25, 0.3) is 11.4 Å². The number of nitrogens with one attached hydrogen (secondary N) is 1. The molecule has 0 radical (unpaired) electrons. The zero-order valence-corrected chi connectivity index (χ0v) is 11.5. The molecular weight excluding hydrogens is 241 g/mol. The first-order valence-corrected chi connectivity index (χ1v) is 6.77. The Morgan fingerprint density at radius 1 is 1.32 bits per heavy atom. The van der Waals surface area contributed by atoms with E-state index < -0.39 is 0 Å². The monoisotopic (exact) mass is 261 g/mol. The molecule has 0 atom stereocenters. The Hall–Kier alpha value is -1.68. The molecule has 19 heavy (non-hydrogen) atoms. The minimum atomic E-state index is -0.168. The van der Waals surface area contributed by atoms with Crippen LogP contribution in [0.2, 0.25) is 0 Å². The molecule has 102 valence electrons. The van der Waals surface area contributed by atoms with Crippen molar-refractivity contribution >= 4 is 0 Å². The predicted octanol–water partition coefficient (Wildman–Crippen LogP) is 3.21. The third kappa shape index (κ3) is 3.20. The molecule has 1 heterocycles. The number of rotatable bonds is 6. The van der Waals surface area contributed by atoms with Gasteiger partial charge in [0, 0.05) is 36.6 Å². The highest BCUT2D eigenvalue weighted by Crippen LogP contribution is 2.21. The summed E-state index contributed by atoms with van der Waals surface area (Å²) >= 11 is 0. The van der Waals surface area contributed by atoms with Crippen molar-refractivity contribution in [1.82, 2.24) is 14.9 Å². The summed E-state index contributed by atoms with van der Waals surface area (Å²) in [4.78, 5) is 4.38. The van der Waals surface area contributed by atoms with Crippen LogP contribution in [0.1, 0.15) is 25.8 Å². The number of imidazole rings is 1. The standard InChI is InChI=1S/C15H20FN3/c1-3-8-19-9-7-18-15(19)12-5-6-14(16)13(10-12)11-17-4-2/h5-7,9-10,17H,3-4,8,11H2,1-2H3. The SMILES string of the molecule is CCCn1ccnc1-c1ccc(F)c(CNCC)c1. The van der Waals surface area contributed by atoms with Crippen LogP contribution in [0.5, 0.6) is 0 Å². The number of hydrogen-bond donors (Lipinski definition) is 1. The third-order valence-electron chi connectivity index (χ3n) is 3.05. The second kappa shape index (κ2) is 6.48. The van der Waals surface area contributed by atoms with Gasteiger partial charge in [-0.1, -0.05) is 13.8 Å². The molecular formula is C15H20FN3. The van der Waals surface area contributed by atoms with Gasteiger partial charge in [0.25, 0.3) is 0 Å². The minimum Gasteiger partial charge on any atom is -0.331 e. The first-order chi connectivity index (χ1) is 9.26. The number of hydrogen-bond acceptors (Lipinski definition) is 2. The van der Waals surface area contributed by atoms with E-state index in [-0.39, 0.29) is 5.82 Å². The van der Waals surface area contributed by atoms with Gasteiger partial charge in [-0.05, 0) is 31.2 Å². The molecule has 0 aliphatic heterocycles. The summed E-state index contributed by atoms with van der Waals surface area (Å²) in [6, 6.07) is 5.19. The second-order valence-electron chi connectivity index (χ2n) is 4.53. The van der Waals surface area contributed by atoms with E-state index in [1.165, 1.54) is 6.07 Å². The van der Waals surface area contributed by atoms with E-state index in [0.717, 1.165) is 30.9 Å². The lowest BCUT2D eigenvalue weighted by Crippen LogP contribution is -2.13. The van der Waals surface area contributed by atoms with Crippen LogP contribution in [0.15, 0.2) is 30.6 Å². The number of halogens is 1. The maximum atomic E-state index is 13.7. The van der Waals surface area contributed by atoms with Gasteiger partial charge >= 0.3 is 0 Å². The molecule has 0 fully saturated rings. The number of aryl methyl sites for hydroxylation is 1. The average molecular weight is 261 g/mol. The van der Waals surface area contributed by atoms with Crippen LogP contribution in [-0.2, 0) is 13.1 Å². The van der Waals surface area contributed by atoms with Crippen molar-refractivity contribution < 1.29 is 4.39 Å². The van der Waals surface area contributed by atoms with Gasteiger partial charge < -0.3 is 9.88 Å². The summed E-state index contributed by atoms with van der Waals surface area (Å²) in [6.45, 7) is 6.44. The van der Waals surface area contributed by atoms with Gasteiger partial charge in [-0.25, -0.2) is 9.37 Å². The van der Waals surface area contributed by atoms with E-state index in [2.05, 4.69) is 21.8 Å². The van der Waals surface area contributed by atoms with Gasteiger partial charge in [0.1, 0.15) is 11.6 Å². The van der Waals surface area contributed by atoms with Crippen LogP contribution in [0.4, 0.5) is 4.39 Å². The van der Waals surface area contributed by atoms with Crippen molar-refractivity contribution in [3.8, 4) is 11.4 Å². The van der Waals surface area contributed by atoms with E-state index in [4.69, 9.17) is 0 Å². The lowest BCUT2D eigenvalue weighted by molar-refractivity contribution is 0.593. The molecule has 0 aliphatic rings. The van der Waals surface area contributed by atoms with Crippen molar-refractivity contribution in [2.24, 2.45) is 0 Å². The summed E-state index contributed by atoms with van der Waals surface area (Å²) in [5.41, 5.74) is 1.65. The number of benzene rings is 1. The normalized spacial score (nSPS) is 10.9. The van der Waals surface area contributed by atoms with Crippen LogP contribution in [0.3, 0.4) is 0 Å². The molecule has 2 aromatic rings. The van der Waals surface area contributed by atoms with Crippen LogP contribution < -0.4 is 5.32 Å². The Labute approximate surface area is 113 Å². The summed E-state index contributed by atoms with van der Waals surface area (Å²) < 4.78 is 15.8. The summed E-state index contributed by atoms with van der Waals surface area (Å²) in [5, 5.41) is 3.15. The Kier molecular flexibility index (Phi) is 4.68. The van der Waals surface area contributed by atoms with Crippen LogP contribution in [-0.4, -0.2) is 16.1 Å². The van der Waals surface area contributed by atoms with Gasteiger partial charge in [0.2, 0.25) is 0 Å². The third-order valence-corrected chi connectivity index (χ3v) is 3.05. The molecule has 0 saturated heterocycles. The lowest BCUT2D eigenvalue weighted by atomic mass is 10.1. The first kappa shape index (κ1) is 13.7. The van der Waals surface area contributed by atoms with Crippen molar-refractivity contribution in [2.75, 3.05) is 6.54 Å². The molecule has 3 nitrogen and oxygen atoms in total. The van der Waals surface area contributed by atoms with Gasteiger partial charge in [0.05, 0.1) is 0 Å². The van der Waals surface area contributed by atoms with Crippen LogP contribution in [0, 0.1) is 5.82 Å². The summed E-state index contributed by atoms with van der Waals surface area (Å²) in [5.74, 6) is 0.734. The van der Waals surface area contributed by atoms with E-state index in [1.54, 1.807) is 12.3 Å². The predicted molar refractivity (Wildman–Crippen MR) is 75.3 cm³/mol. The highest BCUT2D eigenvalue weighted by Gasteiger charge is 2.09. The maximum absolute atomic E-state index is 13.7. The first-order valence-electron chi connectivity index (χ1n) is 6.77. The topological polar surface area (TPSA) is 29.9 Å². The lowest BCUT2D eigenvalue weighted by Gasteiger charge is -2.09. The van der Waals surface area contributed by atoms with Gasteiger partial charge in [-0.3, -0.25) is 0 Å². The molecule has 0 bridgehead atoms. The number of aromatic nitrogens is 2. The molecule has 1 aromatic carbocycles. The average Bonchev–Trinajstić information content (AvgIpc) is 2.87. The fourth-order valence-electron chi connectivity index (χ4n) is 2.10. The maximum Gasteiger partial charge on any atom is 0.139 e. The molecule has 4 heteroatoms. The molecule has 1 aromatic heterocycles. The van der Waals surface area contributed by atoms with E-state index in [0.29, 0.717) is 12.1 Å². The van der Waals surface area contributed by atoms with E-state index in [9.17, 15) is 4.39 Å². The molecule has 0 amide bonds. The van der Waals surface area contributed by atoms with Crippen LogP contribution >= 0.6 is 0 Å². The second-order valence-corrected chi connectivity index (χ2v) is 4.53. The smallest absolute Gasteiger partial charge is 0.139 e. The molecule has 0 aliphatic carbocycles. The fraction of sp³-hybridized carbons (Fsp3) is 0.400. The van der Waals surface area contributed by atoms with Crippen molar-refractivity contribution in [3.63, 3.8) is 0 Å². The molecule has 1 N–H and O–H groups in total. The fourth-order valence-corrected chi connectivity index (χ4v) is 2.10. The van der Waals surface area contributed by atoms with Crippen molar-refractivity contribution in [2.45, 2.75) is 33.4 Å². The van der Waals surface area contributed by atoms with Crippen molar-refractivity contribution in [3.05, 3.63) is 42.0 Å². The quantitative estimate of drug-likeness (QED) is 0.865. The highest BCUT2D eigenvalue weighted by molar-refractivity contribution is 5.57.